The third-order valence-corrected chi connectivity index (χ3v) is 5.52. The van der Waals surface area contributed by atoms with E-state index in [0.29, 0.717) is 5.56 Å². The van der Waals surface area contributed by atoms with Gasteiger partial charge in [-0.2, -0.15) is 0 Å². The van der Waals surface area contributed by atoms with E-state index in [1.807, 2.05) is 31.2 Å². The lowest BCUT2D eigenvalue weighted by molar-refractivity contribution is -0.115. The third kappa shape index (κ3) is 1.78. The number of ketones is 1. The van der Waals surface area contributed by atoms with Crippen LogP contribution in [0.2, 0.25) is 0 Å². The fourth-order valence-corrected chi connectivity index (χ4v) is 4.61. The van der Waals surface area contributed by atoms with Crippen LogP contribution in [0.5, 0.6) is 0 Å². The molecule has 2 aliphatic rings. The van der Waals surface area contributed by atoms with Gasteiger partial charge in [0.25, 0.3) is 11.7 Å². The van der Waals surface area contributed by atoms with Gasteiger partial charge in [-0.1, -0.05) is 43.3 Å². The minimum absolute atomic E-state index is 0.234. The highest BCUT2D eigenvalue weighted by molar-refractivity contribution is 6.53. The maximum atomic E-state index is 12.6. The minimum Gasteiger partial charge on any atom is -0.299 e. The number of amides is 1. The molecule has 0 fully saturated rings. The first kappa shape index (κ1) is 15.1. The first-order valence-electron chi connectivity index (χ1n) is 8.35. The van der Waals surface area contributed by atoms with Crippen molar-refractivity contribution >= 4 is 17.4 Å². The highest BCUT2D eigenvalue weighted by atomic mass is 16.2. The van der Waals surface area contributed by atoms with E-state index in [4.69, 9.17) is 0 Å². The molecule has 2 aromatic rings. The summed E-state index contributed by atoms with van der Waals surface area (Å²) in [6.07, 6.45) is 0.777. The van der Waals surface area contributed by atoms with Crippen LogP contribution in [0.25, 0.3) is 0 Å². The molecular weight excluding hydrogens is 298 g/mol. The average Bonchev–Trinajstić information content (AvgIpc) is 2.79. The number of aryl methyl sites for hydroxylation is 1. The zero-order chi connectivity index (χ0) is 17.3. The smallest absolute Gasteiger partial charge is 0.299 e. The van der Waals surface area contributed by atoms with E-state index in [-0.39, 0.29) is 11.2 Å². The van der Waals surface area contributed by atoms with Gasteiger partial charge in [-0.15, -0.1) is 0 Å². The molecule has 1 unspecified atom stereocenters. The van der Waals surface area contributed by atoms with E-state index < -0.39 is 11.4 Å². The van der Waals surface area contributed by atoms with E-state index >= 15 is 0 Å². The largest absolute Gasteiger partial charge is 0.299 e. The van der Waals surface area contributed by atoms with Crippen LogP contribution >= 0.6 is 0 Å². The maximum absolute atomic E-state index is 12.6. The number of anilines is 1. The molecule has 0 saturated carbocycles. The average molecular weight is 319 g/mol. The van der Waals surface area contributed by atoms with Gasteiger partial charge in [0.05, 0.1) is 11.3 Å². The minimum atomic E-state index is -0.412. The van der Waals surface area contributed by atoms with Gasteiger partial charge in [0, 0.05) is 11.0 Å². The molecule has 24 heavy (non-hydrogen) atoms. The van der Waals surface area contributed by atoms with Crippen molar-refractivity contribution < 1.29 is 9.59 Å². The second kappa shape index (κ2) is 4.56. The second-order valence-corrected chi connectivity index (χ2v) is 7.87. The van der Waals surface area contributed by atoms with Crippen molar-refractivity contribution in [3.05, 3.63) is 64.7 Å². The molecule has 0 bridgehead atoms. The molecule has 2 aromatic carbocycles. The summed E-state index contributed by atoms with van der Waals surface area (Å²) in [7, 11) is 0. The molecule has 0 aromatic heterocycles. The molecule has 1 atom stereocenters. The van der Waals surface area contributed by atoms with Crippen molar-refractivity contribution in [1.29, 1.82) is 0 Å². The Labute approximate surface area is 142 Å². The van der Waals surface area contributed by atoms with Crippen LogP contribution in [0.4, 0.5) is 5.69 Å². The number of hydrogen-bond acceptors (Lipinski definition) is 2. The van der Waals surface area contributed by atoms with Crippen LogP contribution in [-0.2, 0) is 10.2 Å². The zero-order valence-electron chi connectivity index (χ0n) is 14.5. The molecule has 3 heteroatoms. The van der Waals surface area contributed by atoms with Crippen LogP contribution in [0, 0.1) is 6.92 Å². The van der Waals surface area contributed by atoms with Crippen LogP contribution in [0.15, 0.2) is 42.5 Å². The molecule has 1 amide bonds. The summed E-state index contributed by atoms with van der Waals surface area (Å²) in [5.41, 5.74) is 4.06. The summed E-state index contributed by atoms with van der Waals surface area (Å²) in [6.45, 7) is 8.32. The summed E-state index contributed by atoms with van der Waals surface area (Å²) in [4.78, 5) is 26.9. The van der Waals surface area contributed by atoms with Gasteiger partial charge < -0.3 is 0 Å². The Kier molecular flexibility index (Phi) is 2.88. The Morgan fingerprint density at radius 1 is 1.00 bits per heavy atom. The molecule has 0 saturated heterocycles. The summed E-state index contributed by atoms with van der Waals surface area (Å²) in [6, 6.07) is 14.4. The summed E-state index contributed by atoms with van der Waals surface area (Å²) in [5.74, 6) is -0.766. The highest BCUT2D eigenvalue weighted by Gasteiger charge is 2.53. The summed E-state index contributed by atoms with van der Waals surface area (Å²) >= 11 is 0. The van der Waals surface area contributed by atoms with Gasteiger partial charge in [0.2, 0.25) is 0 Å². The molecular formula is C21H21NO2. The summed E-state index contributed by atoms with van der Waals surface area (Å²) < 4.78 is 0. The van der Waals surface area contributed by atoms with Gasteiger partial charge >= 0.3 is 0 Å². The van der Waals surface area contributed by atoms with E-state index in [0.717, 1.165) is 23.2 Å². The number of hydrogen-bond donors (Lipinski definition) is 0. The fraction of sp³-hybridized carbons (Fsp3) is 0.333. The maximum Gasteiger partial charge on any atom is 0.299 e. The van der Waals surface area contributed by atoms with E-state index in [1.54, 1.807) is 4.90 Å². The molecule has 0 spiro atoms. The number of rotatable bonds is 1. The van der Waals surface area contributed by atoms with Crippen molar-refractivity contribution in [2.75, 3.05) is 4.90 Å². The van der Waals surface area contributed by atoms with Gasteiger partial charge in [-0.25, -0.2) is 0 Å². The fourth-order valence-electron chi connectivity index (χ4n) is 4.61. The van der Waals surface area contributed by atoms with Crippen molar-refractivity contribution in [2.45, 2.75) is 45.1 Å². The number of carbonyl (C=O) groups excluding carboxylic acids is 2. The van der Waals surface area contributed by atoms with Crippen LogP contribution in [0.3, 0.4) is 0 Å². The highest BCUT2D eigenvalue weighted by Crippen LogP contribution is 2.54. The molecule has 2 aliphatic heterocycles. The third-order valence-electron chi connectivity index (χ3n) is 5.52. The Hall–Kier alpha value is -2.42. The van der Waals surface area contributed by atoms with Crippen LogP contribution < -0.4 is 4.90 Å². The van der Waals surface area contributed by atoms with Crippen molar-refractivity contribution in [3.8, 4) is 0 Å². The van der Waals surface area contributed by atoms with E-state index in [2.05, 4.69) is 39.0 Å². The molecule has 3 nitrogen and oxygen atoms in total. The van der Waals surface area contributed by atoms with Crippen molar-refractivity contribution in [1.82, 2.24) is 0 Å². The topological polar surface area (TPSA) is 37.4 Å². The lowest BCUT2D eigenvalue weighted by atomic mass is 9.65. The standard InChI is InChI=1S/C21H21NO2/c1-13-10-15-17-16(11-13)21(4,14-8-6-5-7-9-14)12-20(2,3)22(17)19(24)18(15)23/h5-11H,12H2,1-4H3. The van der Waals surface area contributed by atoms with Gasteiger partial charge in [-0.05, 0) is 49.9 Å². The SMILES string of the molecule is Cc1cc2c3c(c1)C(C)(c1ccccc1)CC(C)(C)N3C(=O)C2=O. The number of Topliss-reactive ketones (excluding diaryl/α,β-unsaturated/α-hetero) is 1. The molecule has 0 radical (unpaired) electrons. The monoisotopic (exact) mass is 319 g/mol. The van der Waals surface area contributed by atoms with E-state index in [9.17, 15) is 9.59 Å². The lowest BCUT2D eigenvalue weighted by Gasteiger charge is -2.49. The normalized spacial score (nSPS) is 24.2. The van der Waals surface area contributed by atoms with Crippen LogP contribution in [-0.4, -0.2) is 17.2 Å². The first-order valence-corrected chi connectivity index (χ1v) is 8.35. The summed E-state index contributed by atoms with van der Waals surface area (Å²) in [5, 5.41) is 0. The lowest BCUT2D eigenvalue weighted by Crippen LogP contribution is -2.54. The van der Waals surface area contributed by atoms with Gasteiger partial charge in [0.15, 0.2) is 0 Å². The quantitative estimate of drug-likeness (QED) is 0.745. The molecule has 2 heterocycles. The Bertz CT molecular complexity index is 882. The Balaban J connectivity index is 2.08. The van der Waals surface area contributed by atoms with E-state index in [1.165, 1.54) is 5.56 Å². The first-order chi connectivity index (χ1) is 11.3. The molecule has 0 N–H and O–H groups in total. The second-order valence-electron chi connectivity index (χ2n) is 7.87. The number of carbonyl (C=O) groups is 2. The molecule has 4 rings (SSSR count). The Morgan fingerprint density at radius 3 is 2.33 bits per heavy atom. The van der Waals surface area contributed by atoms with Crippen molar-refractivity contribution in [3.63, 3.8) is 0 Å². The van der Waals surface area contributed by atoms with Crippen molar-refractivity contribution in [2.24, 2.45) is 0 Å². The zero-order valence-corrected chi connectivity index (χ0v) is 14.5. The van der Waals surface area contributed by atoms with Gasteiger partial charge in [-0.3, -0.25) is 14.5 Å². The number of benzene rings is 2. The Morgan fingerprint density at radius 2 is 1.67 bits per heavy atom. The molecule has 0 aliphatic carbocycles. The predicted molar refractivity (Wildman–Crippen MR) is 94.6 cm³/mol. The van der Waals surface area contributed by atoms with Gasteiger partial charge in [0.1, 0.15) is 0 Å². The molecule has 122 valence electrons. The van der Waals surface area contributed by atoms with Crippen LogP contribution in [0.1, 0.15) is 54.2 Å². The number of nitrogens with zero attached hydrogens (tertiary/aromatic N) is 1. The predicted octanol–water partition coefficient (Wildman–Crippen LogP) is 4.01.